The fraction of sp³-hybridized carbons (Fsp3) is 0.429. The van der Waals surface area contributed by atoms with E-state index < -0.39 is 0 Å². The first-order chi connectivity index (χ1) is 13.1. The maximum Gasteiger partial charge on any atom is 0.167 e. The molecule has 1 N–H and O–H groups in total. The lowest BCUT2D eigenvalue weighted by atomic mass is 10.1. The van der Waals surface area contributed by atoms with Gasteiger partial charge in [0, 0.05) is 40.3 Å². The van der Waals surface area contributed by atoms with Crippen LogP contribution in [-0.4, -0.2) is 38.2 Å². The van der Waals surface area contributed by atoms with Crippen molar-refractivity contribution in [1.29, 1.82) is 0 Å². The fourth-order valence-electron chi connectivity index (χ4n) is 2.82. The molecule has 0 bridgehead atoms. The Bertz CT molecular complexity index is 723. The molecule has 0 unspecified atom stereocenters. The number of nitrogens with zero attached hydrogens (tertiary/aromatic N) is 1. The van der Waals surface area contributed by atoms with E-state index in [2.05, 4.69) is 40.0 Å². The van der Waals surface area contributed by atoms with Crippen LogP contribution in [0.15, 0.2) is 40.9 Å². The number of nitrogens with one attached hydrogen (secondary N) is 1. The number of ether oxygens (including phenoxy) is 2. The van der Waals surface area contributed by atoms with E-state index in [9.17, 15) is 0 Å². The normalized spacial score (nSPS) is 11.0. The number of methoxy groups -OCH3 is 1. The summed E-state index contributed by atoms with van der Waals surface area (Å²) >= 11 is 9.90. The van der Waals surface area contributed by atoms with E-state index in [4.69, 9.17) is 21.1 Å². The van der Waals surface area contributed by atoms with Crippen molar-refractivity contribution >= 4 is 27.5 Å². The summed E-state index contributed by atoms with van der Waals surface area (Å²) in [7, 11) is 1.66. The van der Waals surface area contributed by atoms with E-state index in [1.54, 1.807) is 7.11 Å². The van der Waals surface area contributed by atoms with Gasteiger partial charge in [-0.15, -0.1) is 0 Å². The first kappa shape index (κ1) is 22.0. The lowest BCUT2D eigenvalue weighted by Crippen LogP contribution is -2.31. The smallest absolute Gasteiger partial charge is 0.167 e. The third-order valence-corrected chi connectivity index (χ3v) is 5.63. The summed E-state index contributed by atoms with van der Waals surface area (Å²) in [6.07, 6.45) is 0. The molecule has 6 heteroatoms. The summed E-state index contributed by atoms with van der Waals surface area (Å²) in [5.41, 5.74) is 1.99. The zero-order valence-electron chi connectivity index (χ0n) is 16.2. The maximum absolute atomic E-state index is 6.26. The summed E-state index contributed by atoms with van der Waals surface area (Å²) in [5.74, 6) is 1.45. The Morgan fingerprint density at radius 1 is 1.11 bits per heavy atom. The summed E-state index contributed by atoms with van der Waals surface area (Å²) in [5, 5.41) is 4.21. The van der Waals surface area contributed by atoms with E-state index in [1.807, 2.05) is 36.4 Å². The van der Waals surface area contributed by atoms with Gasteiger partial charge in [-0.3, -0.25) is 0 Å². The Morgan fingerprint density at radius 2 is 1.85 bits per heavy atom. The van der Waals surface area contributed by atoms with Crippen molar-refractivity contribution in [3.8, 4) is 11.5 Å². The quantitative estimate of drug-likeness (QED) is 0.477. The second-order valence-electron chi connectivity index (χ2n) is 6.14. The topological polar surface area (TPSA) is 33.7 Å². The zero-order chi connectivity index (χ0) is 19.6. The molecule has 27 heavy (non-hydrogen) atoms. The molecule has 0 atom stereocenters. The molecule has 0 fully saturated rings. The van der Waals surface area contributed by atoms with Gasteiger partial charge in [0.15, 0.2) is 11.5 Å². The van der Waals surface area contributed by atoms with Crippen molar-refractivity contribution in [2.24, 2.45) is 0 Å². The minimum absolute atomic E-state index is 0.388. The van der Waals surface area contributed by atoms with E-state index in [-0.39, 0.29) is 0 Å². The van der Waals surface area contributed by atoms with Gasteiger partial charge in [-0.25, -0.2) is 0 Å². The summed E-state index contributed by atoms with van der Waals surface area (Å²) in [6.45, 7) is 9.50. The van der Waals surface area contributed by atoms with Crippen LogP contribution in [0.1, 0.15) is 25.0 Å². The Kier molecular flexibility index (Phi) is 9.42. The average molecular weight is 456 g/mol. The lowest BCUT2D eigenvalue weighted by molar-refractivity contribution is 0.279. The second kappa shape index (κ2) is 11.5. The Morgan fingerprint density at radius 3 is 2.52 bits per heavy atom. The first-order valence-corrected chi connectivity index (χ1v) is 10.4. The highest BCUT2D eigenvalue weighted by Gasteiger charge is 2.15. The average Bonchev–Trinajstić information content (AvgIpc) is 2.69. The molecule has 4 nitrogen and oxygen atoms in total. The number of benzene rings is 2. The van der Waals surface area contributed by atoms with Crippen molar-refractivity contribution in [3.63, 3.8) is 0 Å². The molecule has 0 saturated carbocycles. The molecule has 148 valence electrons. The van der Waals surface area contributed by atoms with E-state index >= 15 is 0 Å². The molecule has 0 heterocycles. The monoisotopic (exact) mass is 454 g/mol. The SMILES string of the molecule is CCN(CC)CCNCc1c(Br)ccc(OC)c1OCc1ccccc1Cl. The Balaban J connectivity index is 2.10. The van der Waals surface area contributed by atoms with Crippen molar-refractivity contribution < 1.29 is 9.47 Å². The Labute approximate surface area is 175 Å². The maximum atomic E-state index is 6.26. The molecule has 0 aliphatic rings. The highest BCUT2D eigenvalue weighted by Crippen LogP contribution is 2.37. The number of hydrogen-bond donors (Lipinski definition) is 1. The van der Waals surface area contributed by atoms with E-state index in [0.717, 1.165) is 47.5 Å². The van der Waals surface area contributed by atoms with Crippen molar-refractivity contribution in [2.45, 2.75) is 27.0 Å². The van der Waals surface area contributed by atoms with Crippen molar-refractivity contribution in [3.05, 3.63) is 57.0 Å². The number of rotatable bonds is 11. The molecule has 0 saturated heterocycles. The van der Waals surface area contributed by atoms with Gasteiger partial charge in [-0.1, -0.05) is 59.6 Å². The van der Waals surface area contributed by atoms with E-state index in [0.29, 0.717) is 23.9 Å². The van der Waals surface area contributed by atoms with Crippen LogP contribution in [0.5, 0.6) is 11.5 Å². The summed E-state index contributed by atoms with van der Waals surface area (Å²) in [4.78, 5) is 2.39. The third-order valence-electron chi connectivity index (χ3n) is 4.52. The Hall–Kier alpha value is -1.27. The van der Waals surface area contributed by atoms with Crippen LogP contribution in [-0.2, 0) is 13.2 Å². The fourth-order valence-corrected chi connectivity index (χ4v) is 3.46. The standard InChI is InChI=1S/C21H28BrClN2O2/c1-4-25(5-2)13-12-24-14-17-18(22)10-11-20(26-3)21(17)27-15-16-8-6-7-9-19(16)23/h6-11,24H,4-5,12-15H2,1-3H3. The number of halogens is 2. The van der Waals surface area contributed by atoms with Gasteiger partial charge < -0.3 is 19.7 Å². The highest BCUT2D eigenvalue weighted by molar-refractivity contribution is 9.10. The molecule has 0 radical (unpaired) electrons. The van der Waals surface area contributed by atoms with Crippen LogP contribution in [0.3, 0.4) is 0 Å². The van der Waals surface area contributed by atoms with Crippen LogP contribution in [0.4, 0.5) is 0 Å². The van der Waals surface area contributed by atoms with Crippen LogP contribution < -0.4 is 14.8 Å². The van der Waals surface area contributed by atoms with Gasteiger partial charge in [0.25, 0.3) is 0 Å². The van der Waals surface area contributed by atoms with Gasteiger partial charge in [-0.2, -0.15) is 0 Å². The van der Waals surface area contributed by atoms with Gasteiger partial charge >= 0.3 is 0 Å². The second-order valence-corrected chi connectivity index (χ2v) is 7.40. The molecule has 2 aromatic rings. The van der Waals surface area contributed by atoms with Crippen molar-refractivity contribution in [2.75, 3.05) is 33.3 Å². The predicted molar refractivity (Wildman–Crippen MR) is 116 cm³/mol. The summed E-state index contributed by atoms with van der Waals surface area (Å²) in [6, 6.07) is 11.6. The molecule has 0 amide bonds. The van der Waals surface area contributed by atoms with Gasteiger partial charge in [0.1, 0.15) is 6.61 Å². The molecule has 0 aliphatic carbocycles. The number of likely N-dealkylation sites (N-methyl/N-ethyl adjacent to an activating group) is 1. The molecule has 0 aliphatic heterocycles. The molecule has 0 aromatic heterocycles. The first-order valence-electron chi connectivity index (χ1n) is 9.25. The lowest BCUT2D eigenvalue weighted by Gasteiger charge is -2.20. The number of hydrogen-bond acceptors (Lipinski definition) is 4. The van der Waals surface area contributed by atoms with Crippen LogP contribution in [0, 0.1) is 0 Å². The van der Waals surface area contributed by atoms with E-state index in [1.165, 1.54) is 0 Å². The minimum atomic E-state index is 0.388. The molecular weight excluding hydrogens is 428 g/mol. The van der Waals surface area contributed by atoms with Crippen molar-refractivity contribution in [1.82, 2.24) is 10.2 Å². The predicted octanol–water partition coefficient (Wildman–Crippen LogP) is 5.12. The van der Waals surface area contributed by atoms with Crippen LogP contribution >= 0.6 is 27.5 Å². The van der Waals surface area contributed by atoms with Gasteiger partial charge in [-0.05, 0) is 31.3 Å². The van der Waals surface area contributed by atoms with Gasteiger partial charge in [0.05, 0.1) is 7.11 Å². The molecule has 0 spiro atoms. The zero-order valence-corrected chi connectivity index (χ0v) is 18.6. The van der Waals surface area contributed by atoms with Crippen LogP contribution in [0.25, 0.3) is 0 Å². The summed E-state index contributed by atoms with van der Waals surface area (Å²) < 4.78 is 12.7. The largest absolute Gasteiger partial charge is 0.493 e. The molecule has 2 rings (SSSR count). The van der Waals surface area contributed by atoms with Crippen LogP contribution in [0.2, 0.25) is 5.02 Å². The third kappa shape index (κ3) is 6.39. The molecular formula is C21H28BrClN2O2. The minimum Gasteiger partial charge on any atom is -0.493 e. The molecule has 2 aromatic carbocycles. The van der Waals surface area contributed by atoms with Gasteiger partial charge in [0.2, 0.25) is 0 Å². The highest BCUT2D eigenvalue weighted by atomic mass is 79.9.